The summed E-state index contributed by atoms with van der Waals surface area (Å²) in [5.41, 5.74) is 0.960. The highest BCUT2D eigenvalue weighted by Crippen LogP contribution is 2.29. The zero-order valence-corrected chi connectivity index (χ0v) is 13.0. The van der Waals surface area contributed by atoms with E-state index in [-0.39, 0.29) is 5.91 Å². The third-order valence-electron chi connectivity index (χ3n) is 4.10. The van der Waals surface area contributed by atoms with Crippen LogP contribution in [0, 0.1) is 0 Å². The first-order valence-corrected chi connectivity index (χ1v) is 7.74. The maximum Gasteiger partial charge on any atom is 0.220 e. The second kappa shape index (κ2) is 7.91. The lowest BCUT2D eigenvalue weighted by molar-refractivity contribution is -0.121. The maximum absolute atomic E-state index is 12.1. The van der Waals surface area contributed by atoms with Crippen LogP contribution < -0.4 is 14.8 Å². The normalized spacial score (nSPS) is 15.5. The van der Waals surface area contributed by atoms with Gasteiger partial charge in [0, 0.05) is 18.0 Å². The van der Waals surface area contributed by atoms with Crippen LogP contribution in [0.5, 0.6) is 11.5 Å². The number of benzene rings is 1. The van der Waals surface area contributed by atoms with Crippen LogP contribution in [0.2, 0.25) is 0 Å². The van der Waals surface area contributed by atoms with E-state index in [4.69, 9.17) is 9.47 Å². The minimum atomic E-state index is 0.120. The van der Waals surface area contributed by atoms with E-state index in [2.05, 4.69) is 5.32 Å². The van der Waals surface area contributed by atoms with Gasteiger partial charge in [-0.3, -0.25) is 4.79 Å². The highest BCUT2D eigenvalue weighted by molar-refractivity contribution is 5.76. The number of amides is 1. The van der Waals surface area contributed by atoms with Crippen molar-refractivity contribution in [2.75, 3.05) is 14.2 Å². The van der Waals surface area contributed by atoms with Gasteiger partial charge in [-0.25, -0.2) is 0 Å². The van der Waals surface area contributed by atoms with Crippen molar-refractivity contribution < 1.29 is 14.3 Å². The zero-order chi connectivity index (χ0) is 15.1. The van der Waals surface area contributed by atoms with Crippen molar-refractivity contribution in [3.63, 3.8) is 0 Å². The molecule has 0 saturated heterocycles. The summed E-state index contributed by atoms with van der Waals surface area (Å²) in [6.45, 7) is 0. The van der Waals surface area contributed by atoms with Crippen LogP contribution >= 0.6 is 0 Å². The molecule has 1 aromatic rings. The topological polar surface area (TPSA) is 47.6 Å². The van der Waals surface area contributed by atoms with Gasteiger partial charge in [0.1, 0.15) is 11.5 Å². The van der Waals surface area contributed by atoms with Crippen LogP contribution in [0.15, 0.2) is 18.2 Å². The highest BCUT2D eigenvalue weighted by Gasteiger charge is 2.17. The summed E-state index contributed by atoms with van der Waals surface area (Å²) < 4.78 is 10.7. The highest BCUT2D eigenvalue weighted by atomic mass is 16.5. The monoisotopic (exact) mass is 291 g/mol. The number of carbonyl (C=O) groups excluding carboxylic acids is 1. The maximum atomic E-state index is 12.1. The van der Waals surface area contributed by atoms with Crippen LogP contribution in [0.1, 0.15) is 44.1 Å². The predicted molar refractivity (Wildman–Crippen MR) is 82.9 cm³/mol. The molecule has 1 aliphatic carbocycles. The Morgan fingerprint density at radius 3 is 2.33 bits per heavy atom. The number of hydrogen-bond acceptors (Lipinski definition) is 3. The molecule has 4 nitrogen and oxygen atoms in total. The molecule has 0 aromatic heterocycles. The SMILES string of the molecule is COc1cccc(OC)c1CCC(=O)NC1CCCCC1. The van der Waals surface area contributed by atoms with E-state index in [1.54, 1.807) is 14.2 Å². The molecule has 1 aromatic carbocycles. The van der Waals surface area contributed by atoms with Crippen molar-refractivity contribution in [1.82, 2.24) is 5.32 Å². The minimum absolute atomic E-state index is 0.120. The molecule has 1 amide bonds. The smallest absolute Gasteiger partial charge is 0.220 e. The second-order valence-corrected chi connectivity index (χ2v) is 5.54. The van der Waals surface area contributed by atoms with E-state index >= 15 is 0 Å². The Hall–Kier alpha value is -1.71. The van der Waals surface area contributed by atoms with Crippen molar-refractivity contribution in [3.8, 4) is 11.5 Å². The Morgan fingerprint density at radius 2 is 1.76 bits per heavy atom. The van der Waals surface area contributed by atoms with Crippen molar-refractivity contribution >= 4 is 5.91 Å². The van der Waals surface area contributed by atoms with Gasteiger partial charge in [0.25, 0.3) is 0 Å². The van der Waals surface area contributed by atoms with Crippen LogP contribution in [-0.4, -0.2) is 26.2 Å². The summed E-state index contributed by atoms with van der Waals surface area (Å²) in [6, 6.07) is 6.06. The quantitative estimate of drug-likeness (QED) is 0.876. The number of carbonyl (C=O) groups is 1. The van der Waals surface area contributed by atoms with E-state index in [9.17, 15) is 4.79 Å². The summed E-state index contributed by atoms with van der Waals surface area (Å²) in [5.74, 6) is 1.68. The van der Waals surface area contributed by atoms with Gasteiger partial charge in [-0.1, -0.05) is 25.3 Å². The Kier molecular flexibility index (Phi) is 5.90. The Balaban J connectivity index is 1.91. The molecule has 1 saturated carbocycles. The van der Waals surface area contributed by atoms with E-state index in [1.807, 2.05) is 18.2 Å². The van der Waals surface area contributed by atoms with Crippen molar-refractivity contribution in [2.24, 2.45) is 0 Å². The molecular formula is C17H25NO3. The van der Waals surface area contributed by atoms with Crippen molar-refractivity contribution in [3.05, 3.63) is 23.8 Å². The largest absolute Gasteiger partial charge is 0.496 e. The molecule has 1 N–H and O–H groups in total. The molecular weight excluding hydrogens is 266 g/mol. The van der Waals surface area contributed by atoms with Crippen molar-refractivity contribution in [1.29, 1.82) is 0 Å². The number of nitrogens with one attached hydrogen (secondary N) is 1. The van der Waals surface area contributed by atoms with E-state index < -0.39 is 0 Å². The minimum Gasteiger partial charge on any atom is -0.496 e. The van der Waals surface area contributed by atoms with E-state index in [0.29, 0.717) is 18.9 Å². The first kappa shape index (κ1) is 15.7. The predicted octanol–water partition coefficient (Wildman–Crippen LogP) is 3.09. The molecule has 21 heavy (non-hydrogen) atoms. The van der Waals surface area contributed by atoms with Crippen LogP contribution in [0.4, 0.5) is 0 Å². The van der Waals surface area contributed by atoms with Gasteiger partial charge in [-0.15, -0.1) is 0 Å². The Morgan fingerprint density at radius 1 is 1.14 bits per heavy atom. The first-order chi connectivity index (χ1) is 10.2. The second-order valence-electron chi connectivity index (χ2n) is 5.54. The summed E-state index contributed by atoms with van der Waals surface area (Å²) >= 11 is 0. The zero-order valence-electron chi connectivity index (χ0n) is 13.0. The standard InChI is InChI=1S/C17H25NO3/c1-20-15-9-6-10-16(21-2)14(15)11-12-17(19)18-13-7-4-3-5-8-13/h6,9-10,13H,3-5,7-8,11-12H2,1-2H3,(H,18,19). The lowest BCUT2D eigenvalue weighted by atomic mass is 9.95. The average molecular weight is 291 g/mol. The van der Waals surface area contributed by atoms with Gasteiger partial charge in [-0.2, -0.15) is 0 Å². The summed E-state index contributed by atoms with van der Waals surface area (Å²) in [7, 11) is 3.28. The molecule has 0 heterocycles. The Labute approximate surface area is 126 Å². The molecule has 0 spiro atoms. The lowest BCUT2D eigenvalue weighted by Crippen LogP contribution is -2.36. The third kappa shape index (κ3) is 4.38. The first-order valence-electron chi connectivity index (χ1n) is 7.74. The average Bonchev–Trinajstić information content (AvgIpc) is 2.53. The van der Waals surface area contributed by atoms with Crippen LogP contribution in [0.3, 0.4) is 0 Å². The number of hydrogen-bond donors (Lipinski definition) is 1. The summed E-state index contributed by atoms with van der Waals surface area (Å²) in [5, 5.41) is 3.14. The molecule has 116 valence electrons. The van der Waals surface area contributed by atoms with Crippen LogP contribution in [-0.2, 0) is 11.2 Å². The third-order valence-corrected chi connectivity index (χ3v) is 4.10. The number of methoxy groups -OCH3 is 2. The fourth-order valence-corrected chi connectivity index (χ4v) is 2.96. The van der Waals surface area contributed by atoms with Gasteiger partial charge < -0.3 is 14.8 Å². The molecule has 0 radical (unpaired) electrons. The van der Waals surface area contributed by atoms with E-state index in [0.717, 1.165) is 29.9 Å². The Bertz CT molecular complexity index is 445. The molecule has 0 atom stereocenters. The van der Waals surface area contributed by atoms with Crippen molar-refractivity contribution in [2.45, 2.75) is 51.0 Å². The summed E-state index contributed by atoms with van der Waals surface area (Å²) in [4.78, 5) is 12.1. The molecule has 0 unspecified atom stereocenters. The molecule has 1 fully saturated rings. The molecule has 0 bridgehead atoms. The lowest BCUT2D eigenvalue weighted by Gasteiger charge is -2.22. The summed E-state index contributed by atoms with van der Waals surface area (Å²) in [6.07, 6.45) is 7.08. The van der Waals surface area contributed by atoms with Gasteiger partial charge in [-0.05, 0) is 31.4 Å². The molecule has 2 rings (SSSR count). The van der Waals surface area contributed by atoms with Gasteiger partial charge in [0.05, 0.1) is 14.2 Å². The fraction of sp³-hybridized carbons (Fsp3) is 0.588. The molecule has 4 heteroatoms. The molecule has 1 aliphatic rings. The van der Waals surface area contributed by atoms with Crippen LogP contribution in [0.25, 0.3) is 0 Å². The van der Waals surface area contributed by atoms with Gasteiger partial charge >= 0.3 is 0 Å². The fourth-order valence-electron chi connectivity index (χ4n) is 2.96. The molecule has 0 aliphatic heterocycles. The number of ether oxygens (including phenoxy) is 2. The van der Waals surface area contributed by atoms with Gasteiger partial charge in [0.15, 0.2) is 0 Å². The number of rotatable bonds is 6. The van der Waals surface area contributed by atoms with Gasteiger partial charge in [0.2, 0.25) is 5.91 Å². The van der Waals surface area contributed by atoms with E-state index in [1.165, 1.54) is 19.3 Å².